The van der Waals surface area contributed by atoms with Crippen LogP contribution < -0.4 is 19.1 Å². The van der Waals surface area contributed by atoms with E-state index in [9.17, 15) is 4.79 Å². The summed E-state index contributed by atoms with van der Waals surface area (Å²) in [4.78, 5) is 14.6. The SMILES string of the molecule is CCOc1cc(C(=O)N(C)c2ccc(C)cc2)cc(OCC)c1OCC. The molecule has 0 aliphatic heterocycles. The molecule has 26 heavy (non-hydrogen) atoms. The monoisotopic (exact) mass is 357 g/mol. The Hall–Kier alpha value is -2.69. The standard InChI is InChI=1S/C21H27NO4/c1-6-24-18-13-16(14-19(25-7-2)20(18)26-8-3)21(23)22(5)17-11-9-15(4)10-12-17/h9-14H,6-8H2,1-5H3. The van der Waals surface area contributed by atoms with E-state index < -0.39 is 0 Å². The molecule has 0 unspecified atom stereocenters. The van der Waals surface area contributed by atoms with E-state index >= 15 is 0 Å². The van der Waals surface area contributed by atoms with Gasteiger partial charge in [-0.3, -0.25) is 4.79 Å². The Kier molecular flexibility index (Phi) is 6.89. The molecule has 2 aromatic rings. The van der Waals surface area contributed by atoms with Gasteiger partial charge < -0.3 is 19.1 Å². The Labute approximate surface area is 155 Å². The third-order valence-electron chi connectivity index (χ3n) is 3.88. The molecule has 0 saturated heterocycles. The molecule has 0 N–H and O–H groups in total. The van der Waals surface area contributed by atoms with Crippen molar-refractivity contribution in [3.63, 3.8) is 0 Å². The van der Waals surface area contributed by atoms with Gasteiger partial charge in [-0.15, -0.1) is 0 Å². The van der Waals surface area contributed by atoms with Gasteiger partial charge in [0.15, 0.2) is 11.5 Å². The molecule has 0 atom stereocenters. The van der Waals surface area contributed by atoms with Crippen LogP contribution in [0.2, 0.25) is 0 Å². The lowest BCUT2D eigenvalue weighted by molar-refractivity contribution is 0.0992. The molecule has 0 aliphatic carbocycles. The van der Waals surface area contributed by atoms with Gasteiger partial charge in [-0.2, -0.15) is 0 Å². The summed E-state index contributed by atoms with van der Waals surface area (Å²) >= 11 is 0. The van der Waals surface area contributed by atoms with Crippen molar-refractivity contribution in [3.8, 4) is 17.2 Å². The lowest BCUT2D eigenvalue weighted by Gasteiger charge is -2.20. The molecule has 2 aromatic carbocycles. The van der Waals surface area contributed by atoms with Crippen molar-refractivity contribution in [3.05, 3.63) is 47.5 Å². The van der Waals surface area contributed by atoms with Crippen LogP contribution in [0.4, 0.5) is 5.69 Å². The number of hydrogen-bond acceptors (Lipinski definition) is 4. The first-order valence-electron chi connectivity index (χ1n) is 8.92. The zero-order valence-corrected chi connectivity index (χ0v) is 16.2. The summed E-state index contributed by atoms with van der Waals surface area (Å²) in [5, 5.41) is 0. The number of aryl methyl sites for hydroxylation is 1. The second-order valence-corrected chi connectivity index (χ2v) is 5.80. The molecule has 0 heterocycles. The van der Waals surface area contributed by atoms with E-state index in [0.29, 0.717) is 42.6 Å². The van der Waals surface area contributed by atoms with Crippen LogP contribution in [-0.4, -0.2) is 32.8 Å². The van der Waals surface area contributed by atoms with Crippen LogP contribution in [0.1, 0.15) is 36.7 Å². The molecule has 0 radical (unpaired) electrons. The number of hydrogen-bond donors (Lipinski definition) is 0. The van der Waals surface area contributed by atoms with Gasteiger partial charge in [0.05, 0.1) is 19.8 Å². The molecule has 5 nitrogen and oxygen atoms in total. The molecule has 140 valence electrons. The Balaban J connectivity index is 2.43. The summed E-state index contributed by atoms with van der Waals surface area (Å²) < 4.78 is 17.1. The van der Waals surface area contributed by atoms with E-state index in [1.807, 2.05) is 52.0 Å². The number of carbonyl (C=O) groups excluding carboxylic acids is 1. The Morgan fingerprint density at radius 3 is 1.85 bits per heavy atom. The molecule has 0 spiro atoms. The summed E-state index contributed by atoms with van der Waals surface area (Å²) in [6.07, 6.45) is 0. The fourth-order valence-electron chi connectivity index (χ4n) is 2.59. The van der Waals surface area contributed by atoms with Gasteiger partial charge >= 0.3 is 0 Å². The number of carbonyl (C=O) groups is 1. The highest BCUT2D eigenvalue weighted by atomic mass is 16.5. The van der Waals surface area contributed by atoms with Crippen molar-refractivity contribution in [2.24, 2.45) is 0 Å². The minimum Gasteiger partial charge on any atom is -0.490 e. The van der Waals surface area contributed by atoms with Crippen molar-refractivity contribution >= 4 is 11.6 Å². The first-order valence-corrected chi connectivity index (χ1v) is 8.92. The largest absolute Gasteiger partial charge is 0.490 e. The maximum Gasteiger partial charge on any atom is 0.258 e. The van der Waals surface area contributed by atoms with E-state index in [4.69, 9.17) is 14.2 Å². The lowest BCUT2D eigenvalue weighted by Crippen LogP contribution is -2.26. The highest BCUT2D eigenvalue weighted by Crippen LogP contribution is 2.39. The first-order chi connectivity index (χ1) is 12.5. The third kappa shape index (κ3) is 4.48. The van der Waals surface area contributed by atoms with E-state index in [1.54, 1.807) is 24.1 Å². The fraction of sp³-hybridized carbons (Fsp3) is 0.381. The average Bonchev–Trinajstić information content (AvgIpc) is 2.64. The summed E-state index contributed by atoms with van der Waals surface area (Å²) in [7, 11) is 1.75. The zero-order chi connectivity index (χ0) is 19.1. The predicted molar refractivity (Wildman–Crippen MR) is 104 cm³/mol. The van der Waals surface area contributed by atoms with Crippen LogP contribution >= 0.6 is 0 Å². The fourth-order valence-corrected chi connectivity index (χ4v) is 2.59. The number of nitrogens with zero attached hydrogens (tertiary/aromatic N) is 1. The van der Waals surface area contributed by atoms with Crippen molar-refractivity contribution in [1.82, 2.24) is 0 Å². The molecule has 0 aliphatic rings. The second kappa shape index (κ2) is 9.13. The van der Waals surface area contributed by atoms with Crippen molar-refractivity contribution in [1.29, 1.82) is 0 Å². The smallest absolute Gasteiger partial charge is 0.258 e. The van der Waals surface area contributed by atoms with Crippen molar-refractivity contribution in [2.75, 3.05) is 31.8 Å². The number of rotatable bonds is 8. The predicted octanol–water partition coefficient (Wildman–Crippen LogP) is 4.47. The Bertz CT molecular complexity index is 713. The maximum atomic E-state index is 13.0. The Morgan fingerprint density at radius 1 is 0.885 bits per heavy atom. The zero-order valence-electron chi connectivity index (χ0n) is 16.2. The van der Waals surface area contributed by atoms with Crippen LogP contribution in [0.3, 0.4) is 0 Å². The van der Waals surface area contributed by atoms with Gasteiger partial charge in [0, 0.05) is 18.3 Å². The maximum absolute atomic E-state index is 13.0. The van der Waals surface area contributed by atoms with Gasteiger partial charge in [0.25, 0.3) is 5.91 Å². The van der Waals surface area contributed by atoms with Crippen LogP contribution in [0.15, 0.2) is 36.4 Å². The topological polar surface area (TPSA) is 48.0 Å². The van der Waals surface area contributed by atoms with Gasteiger partial charge in [-0.25, -0.2) is 0 Å². The van der Waals surface area contributed by atoms with Crippen LogP contribution in [0.25, 0.3) is 0 Å². The average molecular weight is 357 g/mol. The van der Waals surface area contributed by atoms with Crippen molar-refractivity contribution < 1.29 is 19.0 Å². The minimum atomic E-state index is -0.140. The third-order valence-corrected chi connectivity index (χ3v) is 3.88. The van der Waals surface area contributed by atoms with E-state index in [-0.39, 0.29) is 5.91 Å². The number of amides is 1. The van der Waals surface area contributed by atoms with Crippen molar-refractivity contribution in [2.45, 2.75) is 27.7 Å². The van der Waals surface area contributed by atoms with E-state index in [2.05, 4.69) is 0 Å². The summed E-state index contributed by atoms with van der Waals surface area (Å²) in [5.41, 5.74) is 2.46. The Morgan fingerprint density at radius 2 is 1.38 bits per heavy atom. The first kappa shape index (κ1) is 19.6. The summed E-state index contributed by atoms with van der Waals surface area (Å²) in [5.74, 6) is 1.42. The lowest BCUT2D eigenvalue weighted by atomic mass is 10.1. The van der Waals surface area contributed by atoms with E-state index in [0.717, 1.165) is 11.3 Å². The molecule has 0 bridgehead atoms. The van der Waals surface area contributed by atoms with Gasteiger partial charge in [-0.1, -0.05) is 17.7 Å². The molecule has 1 amide bonds. The highest BCUT2D eigenvalue weighted by Gasteiger charge is 2.21. The molecule has 2 rings (SSSR count). The second-order valence-electron chi connectivity index (χ2n) is 5.80. The molecular formula is C21H27NO4. The summed E-state index contributed by atoms with van der Waals surface area (Å²) in [6.45, 7) is 9.12. The number of benzene rings is 2. The molecule has 0 saturated carbocycles. The number of anilines is 1. The quantitative estimate of drug-likeness (QED) is 0.699. The van der Waals surface area contributed by atoms with E-state index in [1.165, 1.54) is 0 Å². The van der Waals surface area contributed by atoms with Crippen LogP contribution in [0, 0.1) is 6.92 Å². The number of ether oxygens (including phenoxy) is 3. The normalized spacial score (nSPS) is 10.3. The summed E-state index contributed by atoms with van der Waals surface area (Å²) in [6, 6.07) is 11.2. The van der Waals surface area contributed by atoms with Gasteiger partial charge in [-0.05, 0) is 52.0 Å². The van der Waals surface area contributed by atoms with Crippen LogP contribution in [-0.2, 0) is 0 Å². The molecular weight excluding hydrogens is 330 g/mol. The van der Waals surface area contributed by atoms with Gasteiger partial charge in [0.2, 0.25) is 5.75 Å². The molecule has 0 fully saturated rings. The molecule has 5 heteroatoms. The molecule has 0 aromatic heterocycles. The minimum absolute atomic E-state index is 0.140. The van der Waals surface area contributed by atoms with Crippen LogP contribution in [0.5, 0.6) is 17.2 Å². The highest BCUT2D eigenvalue weighted by molar-refractivity contribution is 6.06. The van der Waals surface area contributed by atoms with Gasteiger partial charge in [0.1, 0.15) is 0 Å².